The molecule has 0 N–H and O–H groups in total. The van der Waals surface area contributed by atoms with E-state index in [4.69, 9.17) is 9.26 Å². The van der Waals surface area contributed by atoms with Gasteiger partial charge in [-0.15, -0.1) is 0 Å². The lowest BCUT2D eigenvalue weighted by Gasteiger charge is -2.35. The first-order chi connectivity index (χ1) is 18.4. The van der Waals surface area contributed by atoms with Crippen molar-refractivity contribution in [1.29, 1.82) is 0 Å². The molecule has 3 aliphatic rings. The van der Waals surface area contributed by atoms with E-state index in [0.29, 0.717) is 24.3 Å². The maximum Gasteiger partial charge on any atom is 0.324 e. The van der Waals surface area contributed by atoms with E-state index in [2.05, 4.69) is 33.1 Å². The predicted octanol–water partition coefficient (Wildman–Crippen LogP) is 4.59. The number of aromatic nitrogens is 2. The zero-order valence-electron chi connectivity index (χ0n) is 22.9. The van der Waals surface area contributed by atoms with Crippen LogP contribution < -0.4 is 9.64 Å². The fraction of sp³-hybridized carbons (Fsp3) is 0.621. The maximum absolute atomic E-state index is 14.9. The van der Waals surface area contributed by atoms with Crippen LogP contribution in [0.3, 0.4) is 0 Å². The predicted molar refractivity (Wildman–Crippen MR) is 145 cm³/mol. The van der Waals surface area contributed by atoms with Crippen LogP contribution in [0.5, 0.6) is 5.75 Å². The van der Waals surface area contributed by atoms with Crippen LogP contribution in [0, 0.1) is 17.7 Å². The Morgan fingerprint density at radius 3 is 2.53 bits per heavy atom. The lowest BCUT2D eigenvalue weighted by Crippen LogP contribution is -2.49. The van der Waals surface area contributed by atoms with E-state index in [0.717, 1.165) is 88.3 Å². The molecule has 1 aromatic heterocycles. The number of rotatable bonds is 7. The zero-order chi connectivity index (χ0) is 26.6. The van der Waals surface area contributed by atoms with Crippen molar-refractivity contribution in [2.45, 2.75) is 51.9 Å². The molecule has 9 heteroatoms. The van der Waals surface area contributed by atoms with Gasteiger partial charge in [0.15, 0.2) is 17.4 Å². The number of nitrogens with zero attached hydrogens (tertiary/aromatic N) is 5. The van der Waals surface area contributed by atoms with Crippen LogP contribution in [-0.4, -0.2) is 78.8 Å². The second-order valence-electron chi connectivity index (χ2n) is 11.3. The summed E-state index contributed by atoms with van der Waals surface area (Å²) in [7, 11) is 2.09. The topological polar surface area (TPSA) is 74.9 Å². The summed E-state index contributed by atoms with van der Waals surface area (Å²) in [5, 5.41) is 4.05. The molecule has 38 heavy (non-hydrogen) atoms. The number of hydrogen-bond acceptors (Lipinski definition) is 7. The van der Waals surface area contributed by atoms with E-state index in [1.807, 2.05) is 24.8 Å². The molecule has 1 aromatic carbocycles. The van der Waals surface area contributed by atoms with Crippen molar-refractivity contribution < 1.29 is 18.4 Å². The van der Waals surface area contributed by atoms with Gasteiger partial charge >= 0.3 is 6.01 Å². The van der Waals surface area contributed by atoms with Gasteiger partial charge in [-0.25, -0.2) is 4.39 Å². The molecule has 5 rings (SSSR count). The van der Waals surface area contributed by atoms with Gasteiger partial charge in [0.2, 0.25) is 5.91 Å². The SMILES string of the molecule is CC(C)c1noc(N2CCC(COc3ccc(C4=CCC(C(=O)N5CCN(C)CC5)CC4)cc3F)CC2)n1. The molecule has 206 valence electrons. The summed E-state index contributed by atoms with van der Waals surface area (Å²) in [6.45, 7) is 9.72. The number of carbonyl (C=O) groups excluding carboxylic acids is 1. The van der Waals surface area contributed by atoms with Gasteiger partial charge in [-0.05, 0) is 68.3 Å². The van der Waals surface area contributed by atoms with E-state index in [-0.39, 0.29) is 23.6 Å². The molecule has 8 nitrogen and oxygen atoms in total. The smallest absolute Gasteiger partial charge is 0.324 e. The third-order valence-corrected chi connectivity index (χ3v) is 8.18. The minimum atomic E-state index is -0.330. The zero-order valence-corrected chi connectivity index (χ0v) is 22.9. The maximum atomic E-state index is 14.9. The van der Waals surface area contributed by atoms with Gasteiger partial charge < -0.3 is 24.0 Å². The first-order valence-electron chi connectivity index (χ1n) is 14.0. The van der Waals surface area contributed by atoms with Gasteiger partial charge in [0.05, 0.1) is 6.61 Å². The minimum absolute atomic E-state index is 0.0399. The Bertz CT molecular complexity index is 1130. The van der Waals surface area contributed by atoms with Crippen LogP contribution in [0.25, 0.3) is 5.57 Å². The van der Waals surface area contributed by atoms with Crippen LogP contribution in [0.15, 0.2) is 28.8 Å². The number of halogens is 1. The minimum Gasteiger partial charge on any atom is -0.490 e. The van der Waals surface area contributed by atoms with Gasteiger partial charge in [-0.1, -0.05) is 31.1 Å². The molecular formula is C29H40FN5O3. The van der Waals surface area contributed by atoms with Crippen molar-refractivity contribution in [3.8, 4) is 5.75 Å². The third kappa shape index (κ3) is 6.20. The number of hydrogen-bond donors (Lipinski definition) is 0. The van der Waals surface area contributed by atoms with Crippen molar-refractivity contribution in [3.05, 3.63) is 41.5 Å². The van der Waals surface area contributed by atoms with E-state index < -0.39 is 0 Å². The first-order valence-corrected chi connectivity index (χ1v) is 14.0. The van der Waals surface area contributed by atoms with Crippen LogP contribution in [0.1, 0.15) is 63.3 Å². The highest BCUT2D eigenvalue weighted by molar-refractivity contribution is 5.81. The summed E-state index contributed by atoms with van der Waals surface area (Å²) in [6, 6.07) is 5.85. The number of carbonyl (C=O) groups is 1. The molecular weight excluding hydrogens is 485 g/mol. The first kappa shape index (κ1) is 26.7. The van der Waals surface area contributed by atoms with Crippen molar-refractivity contribution in [3.63, 3.8) is 0 Å². The molecule has 0 spiro atoms. The normalized spacial score (nSPS) is 21.6. The fourth-order valence-electron chi connectivity index (χ4n) is 5.51. The van der Waals surface area contributed by atoms with Crippen molar-refractivity contribution in [1.82, 2.24) is 19.9 Å². The van der Waals surface area contributed by atoms with E-state index >= 15 is 0 Å². The van der Waals surface area contributed by atoms with Gasteiger partial charge in [0, 0.05) is 51.1 Å². The number of ether oxygens (including phenoxy) is 1. The summed E-state index contributed by atoms with van der Waals surface area (Å²) in [6.07, 6.45) is 6.32. The van der Waals surface area contributed by atoms with Crippen molar-refractivity contribution >= 4 is 17.5 Å². The summed E-state index contributed by atoms with van der Waals surface area (Å²) in [5.74, 6) is 1.60. The summed E-state index contributed by atoms with van der Waals surface area (Å²) in [5.41, 5.74) is 2.00. The molecule has 2 saturated heterocycles. The number of piperazine rings is 1. The Balaban J connectivity index is 1.09. The average Bonchev–Trinajstić information content (AvgIpc) is 3.44. The molecule has 1 amide bonds. The molecule has 0 saturated carbocycles. The second-order valence-corrected chi connectivity index (χ2v) is 11.3. The standard InChI is InChI=1S/C29H40FN5O3/c1-20(2)27-31-29(38-32-27)35-12-10-21(11-13-35)19-37-26-9-8-24(18-25(26)30)22-4-6-23(7-5-22)28(36)34-16-14-33(3)15-17-34/h4,8-9,18,20-21,23H,5-7,10-17,19H2,1-3H3. The molecule has 1 aliphatic carbocycles. The van der Waals surface area contributed by atoms with E-state index in [1.165, 1.54) is 0 Å². The third-order valence-electron chi connectivity index (χ3n) is 8.18. The largest absolute Gasteiger partial charge is 0.490 e. The highest BCUT2D eigenvalue weighted by atomic mass is 19.1. The van der Waals surface area contributed by atoms with Crippen molar-refractivity contribution in [2.75, 3.05) is 57.8 Å². The lowest BCUT2D eigenvalue weighted by atomic mass is 9.85. The highest BCUT2D eigenvalue weighted by Gasteiger charge is 2.28. The number of likely N-dealkylation sites (N-methyl/N-ethyl adjacent to an activating group) is 1. The van der Waals surface area contributed by atoms with Gasteiger partial charge in [0.1, 0.15) is 0 Å². The molecule has 1 atom stereocenters. The monoisotopic (exact) mass is 525 g/mol. The molecule has 2 fully saturated rings. The van der Waals surface area contributed by atoms with Gasteiger partial charge in [-0.3, -0.25) is 4.79 Å². The quantitative estimate of drug-likeness (QED) is 0.524. The average molecular weight is 526 g/mol. The Morgan fingerprint density at radius 1 is 1.13 bits per heavy atom. The molecule has 0 bridgehead atoms. The number of allylic oxidation sites excluding steroid dienone is 2. The van der Waals surface area contributed by atoms with E-state index in [9.17, 15) is 9.18 Å². The summed E-state index contributed by atoms with van der Waals surface area (Å²) >= 11 is 0. The molecule has 0 radical (unpaired) electrons. The van der Waals surface area contributed by atoms with Crippen LogP contribution in [0.4, 0.5) is 10.4 Å². The number of anilines is 1. The van der Waals surface area contributed by atoms with Crippen LogP contribution >= 0.6 is 0 Å². The lowest BCUT2D eigenvalue weighted by molar-refractivity contribution is -0.137. The molecule has 2 aliphatic heterocycles. The molecule has 3 heterocycles. The van der Waals surface area contributed by atoms with Crippen LogP contribution in [0.2, 0.25) is 0 Å². The summed E-state index contributed by atoms with van der Waals surface area (Å²) in [4.78, 5) is 23.8. The second kappa shape index (κ2) is 11.8. The van der Waals surface area contributed by atoms with Gasteiger partial charge in [0.25, 0.3) is 0 Å². The Hall–Kier alpha value is -2.94. The van der Waals surface area contributed by atoms with Crippen molar-refractivity contribution in [2.24, 2.45) is 11.8 Å². The fourth-order valence-corrected chi connectivity index (χ4v) is 5.51. The Morgan fingerprint density at radius 2 is 1.89 bits per heavy atom. The number of piperidine rings is 1. The summed E-state index contributed by atoms with van der Waals surface area (Å²) < 4.78 is 26.3. The Kier molecular flexibility index (Phi) is 8.31. The van der Waals surface area contributed by atoms with Gasteiger partial charge in [-0.2, -0.15) is 4.98 Å². The van der Waals surface area contributed by atoms with Crippen LogP contribution in [-0.2, 0) is 4.79 Å². The number of amides is 1. The van der Waals surface area contributed by atoms with E-state index in [1.54, 1.807) is 12.1 Å². The number of benzene rings is 1. The Labute approximate surface area is 224 Å². The molecule has 2 aromatic rings. The highest BCUT2D eigenvalue weighted by Crippen LogP contribution is 2.33. The molecule has 1 unspecified atom stereocenters.